The highest BCUT2D eigenvalue weighted by Gasteiger charge is 2.21. The van der Waals surface area contributed by atoms with Crippen LogP contribution < -0.4 is 9.47 Å². The van der Waals surface area contributed by atoms with Gasteiger partial charge in [0, 0.05) is 26.1 Å². The lowest BCUT2D eigenvalue weighted by molar-refractivity contribution is -0.146. The summed E-state index contributed by atoms with van der Waals surface area (Å²) in [5.74, 6) is 0.423. The smallest absolute Gasteiger partial charge is 0.310 e. The fourth-order valence-corrected chi connectivity index (χ4v) is 2.63. The third-order valence-electron chi connectivity index (χ3n) is 4.11. The van der Waals surface area contributed by atoms with E-state index in [1.807, 2.05) is 18.2 Å². The third-order valence-corrected chi connectivity index (χ3v) is 4.11. The van der Waals surface area contributed by atoms with Crippen LogP contribution in [0.15, 0.2) is 18.2 Å². The van der Waals surface area contributed by atoms with Crippen molar-refractivity contribution in [2.24, 2.45) is 5.92 Å². The molecule has 146 valence electrons. The molecule has 7 heteroatoms. The van der Waals surface area contributed by atoms with Gasteiger partial charge in [-0.1, -0.05) is 13.0 Å². The molecule has 0 radical (unpaired) electrons. The van der Waals surface area contributed by atoms with Gasteiger partial charge in [-0.15, -0.1) is 0 Å². The number of nitrogens with zero attached hydrogens (tertiary/aromatic N) is 1. The Bertz CT molecular complexity index is 589. The zero-order chi connectivity index (χ0) is 19.5. The highest BCUT2D eigenvalue weighted by Crippen LogP contribution is 2.28. The van der Waals surface area contributed by atoms with Crippen LogP contribution in [0.5, 0.6) is 11.5 Å². The Morgan fingerprint density at radius 3 is 2.42 bits per heavy atom. The number of ether oxygens (including phenoxy) is 3. The number of rotatable bonds is 11. The number of aliphatic hydroxyl groups is 1. The molecule has 0 heterocycles. The van der Waals surface area contributed by atoms with Gasteiger partial charge in [0.05, 0.1) is 27.2 Å². The number of carbonyl (C=O) groups is 2. The van der Waals surface area contributed by atoms with Gasteiger partial charge in [0.15, 0.2) is 11.5 Å². The van der Waals surface area contributed by atoms with E-state index in [2.05, 4.69) is 0 Å². The highest BCUT2D eigenvalue weighted by molar-refractivity contribution is 5.78. The molecule has 1 atom stereocenters. The van der Waals surface area contributed by atoms with Crippen LogP contribution in [-0.4, -0.2) is 62.9 Å². The predicted molar refractivity (Wildman–Crippen MR) is 97.3 cm³/mol. The number of carbonyl (C=O) groups excluding carboxylic acids is 2. The third kappa shape index (κ3) is 6.55. The second-order valence-electron chi connectivity index (χ2n) is 6.03. The topological polar surface area (TPSA) is 85.3 Å². The van der Waals surface area contributed by atoms with E-state index in [4.69, 9.17) is 19.3 Å². The maximum atomic E-state index is 12.6. The number of esters is 1. The van der Waals surface area contributed by atoms with Crippen molar-refractivity contribution in [1.29, 1.82) is 0 Å². The molecule has 0 saturated heterocycles. The first-order chi connectivity index (χ1) is 12.5. The lowest BCUT2D eigenvalue weighted by Gasteiger charge is -2.25. The molecule has 0 spiro atoms. The first-order valence-corrected chi connectivity index (χ1v) is 8.64. The zero-order valence-corrected chi connectivity index (χ0v) is 16.0. The summed E-state index contributed by atoms with van der Waals surface area (Å²) in [5.41, 5.74) is 0.958. The Morgan fingerprint density at radius 1 is 1.15 bits per heavy atom. The Morgan fingerprint density at radius 2 is 1.85 bits per heavy atom. The van der Waals surface area contributed by atoms with Crippen LogP contribution in [0.1, 0.15) is 25.3 Å². The summed E-state index contributed by atoms with van der Waals surface area (Å²) in [5, 5.41) is 9.05. The van der Waals surface area contributed by atoms with Crippen molar-refractivity contribution in [2.45, 2.75) is 26.2 Å². The average molecular weight is 367 g/mol. The minimum atomic E-state index is -0.413. The number of aryl methyl sites for hydroxylation is 1. The standard InChI is InChI=1S/C19H29NO6/c1-14(19(23)26-4)13-20(10-5-11-21)18(22)9-7-15-6-8-16(24-2)17(12-15)25-3/h6,8,12,14,21H,5,7,9-11,13H2,1-4H3. The lowest BCUT2D eigenvalue weighted by atomic mass is 10.1. The largest absolute Gasteiger partial charge is 0.493 e. The van der Waals surface area contributed by atoms with Crippen molar-refractivity contribution in [3.8, 4) is 11.5 Å². The van der Waals surface area contributed by atoms with Gasteiger partial charge in [-0.2, -0.15) is 0 Å². The summed E-state index contributed by atoms with van der Waals surface area (Å²) in [6, 6.07) is 5.55. The highest BCUT2D eigenvalue weighted by atomic mass is 16.5. The van der Waals surface area contributed by atoms with E-state index in [9.17, 15) is 9.59 Å². The van der Waals surface area contributed by atoms with Gasteiger partial charge in [-0.05, 0) is 30.5 Å². The molecular weight excluding hydrogens is 338 g/mol. The molecule has 1 aromatic carbocycles. The summed E-state index contributed by atoms with van der Waals surface area (Å²) in [6.07, 6.45) is 1.31. The van der Waals surface area contributed by atoms with Gasteiger partial charge in [0.2, 0.25) is 5.91 Å². The lowest BCUT2D eigenvalue weighted by Crippen LogP contribution is -2.38. The Hall–Kier alpha value is -2.28. The molecule has 1 unspecified atom stereocenters. The molecule has 0 aromatic heterocycles. The van der Waals surface area contributed by atoms with Gasteiger partial charge in [-0.3, -0.25) is 9.59 Å². The van der Waals surface area contributed by atoms with Crippen LogP contribution >= 0.6 is 0 Å². The number of amides is 1. The number of aliphatic hydroxyl groups excluding tert-OH is 1. The maximum absolute atomic E-state index is 12.6. The average Bonchev–Trinajstić information content (AvgIpc) is 2.67. The van der Waals surface area contributed by atoms with Crippen molar-refractivity contribution >= 4 is 11.9 Å². The van der Waals surface area contributed by atoms with Crippen LogP contribution in [-0.2, 0) is 20.7 Å². The summed E-state index contributed by atoms with van der Waals surface area (Å²) in [6.45, 7) is 2.39. The van der Waals surface area contributed by atoms with Gasteiger partial charge in [0.1, 0.15) is 0 Å². The van der Waals surface area contributed by atoms with Crippen molar-refractivity contribution in [1.82, 2.24) is 4.90 Å². The fraction of sp³-hybridized carbons (Fsp3) is 0.579. The zero-order valence-electron chi connectivity index (χ0n) is 16.0. The first kappa shape index (κ1) is 21.8. The molecule has 1 N–H and O–H groups in total. The van der Waals surface area contributed by atoms with E-state index < -0.39 is 5.92 Å². The van der Waals surface area contributed by atoms with Gasteiger partial charge < -0.3 is 24.2 Å². The van der Waals surface area contributed by atoms with Gasteiger partial charge >= 0.3 is 5.97 Å². The number of methoxy groups -OCH3 is 3. The van der Waals surface area contributed by atoms with Crippen molar-refractivity contribution in [3.05, 3.63) is 23.8 Å². The number of hydrogen-bond donors (Lipinski definition) is 1. The fourth-order valence-electron chi connectivity index (χ4n) is 2.63. The second kappa shape index (κ2) is 11.4. The van der Waals surface area contributed by atoms with Crippen molar-refractivity contribution < 1.29 is 28.9 Å². The van der Waals surface area contributed by atoms with E-state index in [1.54, 1.807) is 26.0 Å². The van der Waals surface area contributed by atoms with Crippen LogP contribution in [0.25, 0.3) is 0 Å². The van der Waals surface area contributed by atoms with E-state index in [-0.39, 0.29) is 25.0 Å². The molecule has 0 aliphatic heterocycles. The van der Waals surface area contributed by atoms with E-state index in [0.29, 0.717) is 37.3 Å². The summed E-state index contributed by atoms with van der Waals surface area (Å²) < 4.78 is 15.2. The van der Waals surface area contributed by atoms with Crippen molar-refractivity contribution in [3.63, 3.8) is 0 Å². The SMILES string of the molecule is COC(=O)C(C)CN(CCCO)C(=O)CCc1ccc(OC)c(OC)c1. The minimum Gasteiger partial charge on any atom is -0.493 e. The van der Waals surface area contributed by atoms with Crippen LogP contribution in [0, 0.1) is 5.92 Å². The van der Waals surface area contributed by atoms with Crippen LogP contribution in [0.4, 0.5) is 0 Å². The molecule has 0 fully saturated rings. The second-order valence-corrected chi connectivity index (χ2v) is 6.03. The van der Waals surface area contributed by atoms with E-state index >= 15 is 0 Å². The Labute approximate surface area is 154 Å². The minimum absolute atomic E-state index is 0.00787. The maximum Gasteiger partial charge on any atom is 0.310 e. The summed E-state index contributed by atoms with van der Waals surface area (Å²) in [4.78, 5) is 25.8. The number of benzene rings is 1. The predicted octanol–water partition coefficient (Wildman–Crippen LogP) is 1.66. The quantitative estimate of drug-likeness (QED) is 0.599. The Kier molecular flexibility index (Phi) is 9.51. The van der Waals surface area contributed by atoms with E-state index in [1.165, 1.54) is 7.11 Å². The molecule has 0 saturated carbocycles. The molecule has 0 bridgehead atoms. The molecule has 0 aliphatic rings. The van der Waals surface area contributed by atoms with Gasteiger partial charge in [-0.25, -0.2) is 0 Å². The van der Waals surface area contributed by atoms with Gasteiger partial charge in [0.25, 0.3) is 0 Å². The molecule has 1 amide bonds. The van der Waals surface area contributed by atoms with Crippen molar-refractivity contribution in [2.75, 3.05) is 41.0 Å². The molecule has 1 rings (SSSR count). The summed E-state index contributed by atoms with van der Waals surface area (Å²) in [7, 11) is 4.47. The first-order valence-electron chi connectivity index (χ1n) is 8.64. The Balaban J connectivity index is 2.72. The molecule has 0 aliphatic carbocycles. The molecule has 1 aromatic rings. The summed E-state index contributed by atoms with van der Waals surface area (Å²) >= 11 is 0. The molecular formula is C19H29NO6. The molecule has 7 nitrogen and oxygen atoms in total. The normalized spacial score (nSPS) is 11.6. The monoisotopic (exact) mass is 367 g/mol. The van der Waals surface area contributed by atoms with Crippen LogP contribution in [0.3, 0.4) is 0 Å². The molecule has 26 heavy (non-hydrogen) atoms. The van der Waals surface area contributed by atoms with E-state index in [0.717, 1.165) is 5.56 Å². The van der Waals surface area contributed by atoms with Crippen LogP contribution in [0.2, 0.25) is 0 Å². The number of hydrogen-bond acceptors (Lipinski definition) is 6.